The summed E-state index contributed by atoms with van der Waals surface area (Å²) in [4.78, 5) is 23.3. The number of benzene rings is 3. The predicted molar refractivity (Wildman–Crippen MR) is 127 cm³/mol. The molecule has 0 radical (unpaired) electrons. The van der Waals surface area contributed by atoms with Crippen LogP contribution in [0.3, 0.4) is 0 Å². The first kappa shape index (κ1) is 22.3. The van der Waals surface area contributed by atoms with Gasteiger partial charge in [-0.3, -0.25) is 9.59 Å². The summed E-state index contributed by atoms with van der Waals surface area (Å²) in [6.07, 6.45) is 2.49. The average molecular weight is 416 g/mol. The highest BCUT2D eigenvalue weighted by Crippen LogP contribution is 2.44. The summed E-state index contributed by atoms with van der Waals surface area (Å²) >= 11 is 0. The normalized spacial score (nSPS) is 10.7. The maximum Gasteiger partial charge on any atom is 0.307 e. The number of carbonyl (C=O) groups is 2. The molecule has 31 heavy (non-hydrogen) atoms. The average Bonchev–Trinajstić information content (AvgIpc) is 2.74. The molecule has 0 aromatic heterocycles. The molecule has 0 aliphatic rings. The molecule has 1 amide bonds. The van der Waals surface area contributed by atoms with Crippen molar-refractivity contribution in [1.82, 2.24) is 0 Å². The van der Waals surface area contributed by atoms with Gasteiger partial charge in [0.05, 0.1) is 12.1 Å². The first-order valence-corrected chi connectivity index (χ1v) is 10.6. The molecule has 3 aromatic rings. The maximum atomic E-state index is 11.7. The third-order valence-corrected chi connectivity index (χ3v) is 5.81. The lowest BCUT2D eigenvalue weighted by atomic mass is 9.82. The van der Waals surface area contributed by atoms with Crippen molar-refractivity contribution in [2.24, 2.45) is 0 Å². The number of hydrogen-bond acceptors (Lipinski definition) is 2. The van der Waals surface area contributed by atoms with Gasteiger partial charge in [0.2, 0.25) is 6.41 Å². The van der Waals surface area contributed by atoms with Crippen LogP contribution in [0, 0.1) is 20.8 Å². The molecule has 0 saturated carbocycles. The van der Waals surface area contributed by atoms with E-state index in [0.717, 1.165) is 57.3 Å². The molecule has 160 valence electrons. The Morgan fingerprint density at radius 2 is 1.65 bits per heavy atom. The molecule has 0 heterocycles. The molecule has 3 aromatic carbocycles. The van der Waals surface area contributed by atoms with Crippen LogP contribution in [0.25, 0.3) is 22.3 Å². The number of rotatable bonds is 8. The molecule has 0 fully saturated rings. The second-order valence-corrected chi connectivity index (χ2v) is 7.96. The molecular formula is C27H29NO3. The van der Waals surface area contributed by atoms with Crippen molar-refractivity contribution in [3.63, 3.8) is 0 Å². The van der Waals surface area contributed by atoms with Crippen LogP contribution in [0.1, 0.15) is 41.2 Å². The molecule has 0 atom stereocenters. The van der Waals surface area contributed by atoms with Gasteiger partial charge in [-0.25, -0.2) is 0 Å². The quantitative estimate of drug-likeness (QED) is 0.437. The molecule has 0 aliphatic carbocycles. The van der Waals surface area contributed by atoms with E-state index in [0.29, 0.717) is 12.1 Å². The highest BCUT2D eigenvalue weighted by atomic mass is 16.4. The molecule has 0 unspecified atom stereocenters. The fourth-order valence-electron chi connectivity index (χ4n) is 4.38. The third kappa shape index (κ3) is 4.53. The zero-order chi connectivity index (χ0) is 22.5. The van der Waals surface area contributed by atoms with Gasteiger partial charge in [0, 0.05) is 5.56 Å². The van der Waals surface area contributed by atoms with Crippen molar-refractivity contribution in [1.29, 1.82) is 0 Å². The second-order valence-electron chi connectivity index (χ2n) is 7.96. The molecule has 4 nitrogen and oxygen atoms in total. The molecule has 0 saturated heterocycles. The molecule has 3 rings (SSSR count). The lowest BCUT2D eigenvalue weighted by Gasteiger charge is -2.25. The van der Waals surface area contributed by atoms with Crippen LogP contribution in [0.15, 0.2) is 48.5 Å². The molecule has 0 aliphatic heterocycles. The standard InChI is InChI=1S/C27H29NO3/c1-5-8-20-9-6-7-10-22(20)26-19(4)25(21-13-11-17(2)12-14-21)23(15-24(30)31)18(3)27(26)28-16-29/h6-7,9-14,16H,5,8,15H2,1-4H3,(H,28,29)(H,30,31). The minimum Gasteiger partial charge on any atom is -0.481 e. The summed E-state index contributed by atoms with van der Waals surface area (Å²) in [5.41, 5.74) is 9.47. The summed E-state index contributed by atoms with van der Waals surface area (Å²) < 4.78 is 0. The van der Waals surface area contributed by atoms with Crippen molar-refractivity contribution < 1.29 is 14.7 Å². The molecular weight excluding hydrogens is 386 g/mol. The first-order valence-electron chi connectivity index (χ1n) is 10.6. The number of carboxylic acids is 1. The third-order valence-electron chi connectivity index (χ3n) is 5.81. The van der Waals surface area contributed by atoms with Gasteiger partial charge in [0.1, 0.15) is 0 Å². The number of nitrogens with one attached hydrogen (secondary N) is 1. The van der Waals surface area contributed by atoms with Crippen LogP contribution in [-0.2, 0) is 22.4 Å². The lowest BCUT2D eigenvalue weighted by Crippen LogP contribution is -2.11. The number of carboxylic acid groups (broad SMARTS) is 1. The Balaban J connectivity index is 2.44. The number of aryl methyl sites for hydroxylation is 2. The Bertz CT molecular complexity index is 1110. The van der Waals surface area contributed by atoms with Crippen LogP contribution in [0.5, 0.6) is 0 Å². The Kier molecular flexibility index (Phi) is 6.91. The van der Waals surface area contributed by atoms with Crippen molar-refractivity contribution in [3.05, 3.63) is 76.3 Å². The number of anilines is 1. The van der Waals surface area contributed by atoms with E-state index < -0.39 is 5.97 Å². The van der Waals surface area contributed by atoms with E-state index in [4.69, 9.17) is 0 Å². The van der Waals surface area contributed by atoms with E-state index in [1.807, 2.05) is 57.2 Å². The second kappa shape index (κ2) is 9.61. The fourth-order valence-corrected chi connectivity index (χ4v) is 4.38. The molecule has 0 bridgehead atoms. The van der Waals surface area contributed by atoms with E-state index in [9.17, 15) is 14.7 Å². The van der Waals surface area contributed by atoms with E-state index in [1.54, 1.807) is 0 Å². The van der Waals surface area contributed by atoms with Crippen molar-refractivity contribution in [2.75, 3.05) is 5.32 Å². The summed E-state index contributed by atoms with van der Waals surface area (Å²) in [6, 6.07) is 16.4. The molecule has 0 spiro atoms. The Morgan fingerprint density at radius 1 is 0.968 bits per heavy atom. The SMILES string of the molecule is CCCc1ccccc1-c1c(C)c(-c2ccc(C)cc2)c(CC(=O)O)c(C)c1NC=O. The highest BCUT2D eigenvalue weighted by Gasteiger charge is 2.24. The van der Waals surface area contributed by atoms with Gasteiger partial charge < -0.3 is 10.4 Å². The Hall–Kier alpha value is -3.40. The first-order chi connectivity index (χ1) is 14.9. The number of amides is 1. The van der Waals surface area contributed by atoms with Gasteiger partial charge in [0.25, 0.3) is 0 Å². The monoisotopic (exact) mass is 415 g/mol. The number of carbonyl (C=O) groups excluding carboxylic acids is 1. The van der Waals surface area contributed by atoms with Gasteiger partial charge in [-0.05, 0) is 66.1 Å². The maximum absolute atomic E-state index is 11.7. The van der Waals surface area contributed by atoms with Crippen LogP contribution < -0.4 is 5.32 Å². The van der Waals surface area contributed by atoms with Crippen LogP contribution in [0.2, 0.25) is 0 Å². The molecule has 2 N–H and O–H groups in total. The minimum absolute atomic E-state index is 0.111. The smallest absolute Gasteiger partial charge is 0.307 e. The Morgan fingerprint density at radius 3 is 2.26 bits per heavy atom. The van der Waals surface area contributed by atoms with E-state index in [1.165, 1.54) is 5.56 Å². The van der Waals surface area contributed by atoms with Crippen LogP contribution >= 0.6 is 0 Å². The van der Waals surface area contributed by atoms with Crippen molar-refractivity contribution in [2.45, 2.75) is 47.0 Å². The van der Waals surface area contributed by atoms with Crippen LogP contribution in [0.4, 0.5) is 5.69 Å². The largest absolute Gasteiger partial charge is 0.481 e. The van der Waals surface area contributed by atoms with E-state index in [2.05, 4.69) is 24.4 Å². The fraction of sp³-hybridized carbons (Fsp3) is 0.259. The minimum atomic E-state index is -0.896. The lowest BCUT2D eigenvalue weighted by molar-refractivity contribution is -0.136. The summed E-state index contributed by atoms with van der Waals surface area (Å²) in [7, 11) is 0. The van der Waals surface area contributed by atoms with Gasteiger partial charge in [-0.2, -0.15) is 0 Å². The van der Waals surface area contributed by atoms with Gasteiger partial charge >= 0.3 is 5.97 Å². The summed E-state index contributed by atoms with van der Waals surface area (Å²) in [5, 5.41) is 12.5. The zero-order valence-corrected chi connectivity index (χ0v) is 18.6. The number of aliphatic carboxylic acids is 1. The molecule has 4 heteroatoms. The van der Waals surface area contributed by atoms with Gasteiger partial charge in [-0.15, -0.1) is 0 Å². The van der Waals surface area contributed by atoms with Gasteiger partial charge in [-0.1, -0.05) is 67.4 Å². The summed E-state index contributed by atoms with van der Waals surface area (Å²) in [5.74, 6) is -0.896. The van der Waals surface area contributed by atoms with Crippen molar-refractivity contribution >= 4 is 18.1 Å². The topological polar surface area (TPSA) is 66.4 Å². The van der Waals surface area contributed by atoms with E-state index >= 15 is 0 Å². The van der Waals surface area contributed by atoms with Crippen LogP contribution in [-0.4, -0.2) is 17.5 Å². The van der Waals surface area contributed by atoms with Crippen molar-refractivity contribution in [3.8, 4) is 22.3 Å². The number of hydrogen-bond donors (Lipinski definition) is 2. The van der Waals surface area contributed by atoms with Gasteiger partial charge in [0.15, 0.2) is 0 Å². The highest BCUT2D eigenvalue weighted by molar-refractivity contribution is 5.96. The summed E-state index contributed by atoms with van der Waals surface area (Å²) in [6.45, 7) is 8.10. The predicted octanol–water partition coefficient (Wildman–Crippen LogP) is 6.09. The Labute approximate surface area is 183 Å². The van der Waals surface area contributed by atoms with E-state index in [-0.39, 0.29) is 6.42 Å². The zero-order valence-electron chi connectivity index (χ0n) is 18.6.